The molecule has 6 heteroatoms. The summed E-state index contributed by atoms with van der Waals surface area (Å²) >= 11 is 0. The predicted molar refractivity (Wildman–Crippen MR) is 70.2 cm³/mol. The van der Waals surface area contributed by atoms with Crippen LogP contribution in [-0.4, -0.2) is 43.6 Å². The Hall–Kier alpha value is -0.170. The first-order valence-corrected chi connectivity index (χ1v) is 8.35. The monoisotopic (exact) mass is 276 g/mol. The second-order valence-electron chi connectivity index (χ2n) is 5.66. The summed E-state index contributed by atoms with van der Waals surface area (Å²) in [5.41, 5.74) is 0. The van der Waals surface area contributed by atoms with Gasteiger partial charge >= 0.3 is 0 Å². The molecule has 1 aliphatic carbocycles. The fourth-order valence-corrected chi connectivity index (χ4v) is 4.49. The van der Waals surface area contributed by atoms with Gasteiger partial charge in [-0.3, -0.25) is 0 Å². The molecule has 1 saturated heterocycles. The van der Waals surface area contributed by atoms with Gasteiger partial charge in [0.1, 0.15) is 0 Å². The van der Waals surface area contributed by atoms with Crippen molar-refractivity contribution < 1.29 is 13.5 Å². The molecule has 18 heavy (non-hydrogen) atoms. The van der Waals surface area contributed by atoms with Crippen molar-refractivity contribution in [2.75, 3.05) is 19.7 Å². The highest BCUT2D eigenvalue weighted by atomic mass is 32.2. The molecule has 0 aromatic heterocycles. The summed E-state index contributed by atoms with van der Waals surface area (Å²) in [5, 5.41) is 9.06. The molecule has 0 amide bonds. The third-order valence-electron chi connectivity index (χ3n) is 4.33. The Morgan fingerprint density at radius 1 is 1.22 bits per heavy atom. The van der Waals surface area contributed by atoms with E-state index < -0.39 is 10.2 Å². The Balaban J connectivity index is 1.91. The molecule has 0 aromatic rings. The highest BCUT2D eigenvalue weighted by molar-refractivity contribution is 7.87. The number of hydrogen-bond acceptors (Lipinski definition) is 3. The van der Waals surface area contributed by atoms with Crippen molar-refractivity contribution in [3.63, 3.8) is 0 Å². The molecule has 2 rings (SSSR count). The van der Waals surface area contributed by atoms with Crippen molar-refractivity contribution in [3.05, 3.63) is 0 Å². The first-order valence-electron chi connectivity index (χ1n) is 6.91. The SMILES string of the molecule is CC1CCCC1NS(=O)(=O)N1CCC(CO)CC1. The Bertz CT molecular complexity index is 364. The highest BCUT2D eigenvalue weighted by Crippen LogP contribution is 2.26. The second kappa shape index (κ2) is 5.86. The maximum absolute atomic E-state index is 12.2. The zero-order valence-electron chi connectivity index (χ0n) is 11.0. The van der Waals surface area contributed by atoms with Crippen LogP contribution in [0.3, 0.4) is 0 Å². The maximum Gasteiger partial charge on any atom is 0.279 e. The Morgan fingerprint density at radius 3 is 2.39 bits per heavy atom. The molecule has 2 atom stereocenters. The van der Waals surface area contributed by atoms with Crippen LogP contribution in [0, 0.1) is 11.8 Å². The van der Waals surface area contributed by atoms with Gasteiger partial charge in [0, 0.05) is 25.7 Å². The first-order chi connectivity index (χ1) is 8.53. The normalized spacial score (nSPS) is 31.9. The number of aliphatic hydroxyl groups is 1. The average molecular weight is 276 g/mol. The van der Waals surface area contributed by atoms with Gasteiger partial charge in [0.2, 0.25) is 0 Å². The fraction of sp³-hybridized carbons (Fsp3) is 1.00. The van der Waals surface area contributed by atoms with Crippen molar-refractivity contribution in [3.8, 4) is 0 Å². The van der Waals surface area contributed by atoms with Crippen LogP contribution in [0.2, 0.25) is 0 Å². The second-order valence-corrected chi connectivity index (χ2v) is 7.36. The Morgan fingerprint density at radius 2 is 1.89 bits per heavy atom. The van der Waals surface area contributed by atoms with E-state index in [1.165, 1.54) is 4.31 Å². The molecule has 1 aliphatic heterocycles. The highest BCUT2D eigenvalue weighted by Gasteiger charge is 2.32. The molecule has 0 radical (unpaired) electrons. The Kier molecular flexibility index (Phi) is 4.64. The minimum atomic E-state index is -3.33. The maximum atomic E-state index is 12.2. The summed E-state index contributed by atoms with van der Waals surface area (Å²) in [7, 11) is -3.33. The topological polar surface area (TPSA) is 69.6 Å². The van der Waals surface area contributed by atoms with E-state index in [-0.39, 0.29) is 18.6 Å². The summed E-state index contributed by atoms with van der Waals surface area (Å²) in [6.45, 7) is 3.34. The van der Waals surface area contributed by atoms with Crippen LogP contribution in [0.25, 0.3) is 0 Å². The lowest BCUT2D eigenvalue weighted by atomic mass is 10.00. The molecule has 5 nitrogen and oxygen atoms in total. The third-order valence-corrected chi connectivity index (χ3v) is 5.98. The Labute approximate surface area is 110 Å². The summed E-state index contributed by atoms with van der Waals surface area (Å²) in [4.78, 5) is 0. The number of nitrogens with one attached hydrogen (secondary N) is 1. The fourth-order valence-electron chi connectivity index (χ4n) is 2.92. The summed E-state index contributed by atoms with van der Waals surface area (Å²) < 4.78 is 28.8. The lowest BCUT2D eigenvalue weighted by molar-refractivity contribution is 0.169. The van der Waals surface area contributed by atoms with Crippen molar-refractivity contribution in [1.82, 2.24) is 9.03 Å². The number of aliphatic hydroxyl groups excluding tert-OH is 1. The van der Waals surface area contributed by atoms with Crippen LogP contribution in [-0.2, 0) is 10.2 Å². The van der Waals surface area contributed by atoms with Crippen molar-refractivity contribution in [1.29, 1.82) is 0 Å². The van der Waals surface area contributed by atoms with Gasteiger partial charge in [0.25, 0.3) is 10.2 Å². The van der Waals surface area contributed by atoms with Gasteiger partial charge in [-0.2, -0.15) is 17.4 Å². The molecule has 2 unspecified atom stereocenters. The number of rotatable bonds is 4. The average Bonchev–Trinajstić information content (AvgIpc) is 2.74. The van der Waals surface area contributed by atoms with E-state index in [2.05, 4.69) is 11.6 Å². The van der Waals surface area contributed by atoms with Crippen molar-refractivity contribution in [2.24, 2.45) is 11.8 Å². The van der Waals surface area contributed by atoms with E-state index in [4.69, 9.17) is 5.11 Å². The third kappa shape index (κ3) is 3.23. The molecule has 1 saturated carbocycles. The molecule has 106 valence electrons. The minimum Gasteiger partial charge on any atom is -0.396 e. The van der Waals surface area contributed by atoms with Gasteiger partial charge in [-0.25, -0.2) is 0 Å². The summed E-state index contributed by atoms with van der Waals surface area (Å²) in [6.07, 6.45) is 4.70. The van der Waals surface area contributed by atoms with Crippen LogP contribution in [0.4, 0.5) is 0 Å². The van der Waals surface area contributed by atoms with E-state index in [1.807, 2.05) is 0 Å². The van der Waals surface area contributed by atoms with Crippen LogP contribution in [0.15, 0.2) is 0 Å². The van der Waals surface area contributed by atoms with E-state index in [0.717, 1.165) is 32.1 Å². The predicted octanol–water partition coefficient (Wildman–Crippen LogP) is 0.714. The zero-order valence-corrected chi connectivity index (χ0v) is 11.8. The molecule has 2 N–H and O–H groups in total. The number of piperidine rings is 1. The van der Waals surface area contributed by atoms with Gasteiger partial charge in [0.15, 0.2) is 0 Å². The molecule has 0 aromatic carbocycles. The number of nitrogens with zero attached hydrogens (tertiary/aromatic N) is 1. The first kappa shape index (κ1) is 14.2. The largest absolute Gasteiger partial charge is 0.396 e. The minimum absolute atomic E-state index is 0.102. The van der Waals surface area contributed by atoms with Gasteiger partial charge in [-0.05, 0) is 37.5 Å². The number of hydrogen-bond donors (Lipinski definition) is 2. The molecule has 2 fully saturated rings. The van der Waals surface area contributed by atoms with Crippen LogP contribution < -0.4 is 4.72 Å². The van der Waals surface area contributed by atoms with E-state index in [0.29, 0.717) is 19.0 Å². The summed E-state index contributed by atoms with van der Waals surface area (Å²) in [6, 6.07) is 0.102. The lowest BCUT2D eigenvalue weighted by Crippen LogP contribution is -2.49. The van der Waals surface area contributed by atoms with Gasteiger partial charge in [-0.15, -0.1) is 0 Å². The van der Waals surface area contributed by atoms with Crippen molar-refractivity contribution in [2.45, 2.75) is 45.1 Å². The van der Waals surface area contributed by atoms with Crippen LogP contribution in [0.1, 0.15) is 39.0 Å². The van der Waals surface area contributed by atoms with Crippen molar-refractivity contribution >= 4 is 10.2 Å². The van der Waals surface area contributed by atoms with Gasteiger partial charge in [-0.1, -0.05) is 13.3 Å². The van der Waals surface area contributed by atoms with Crippen LogP contribution >= 0.6 is 0 Å². The molecular formula is C12H24N2O3S. The summed E-state index contributed by atoms with van der Waals surface area (Å²) in [5.74, 6) is 0.705. The lowest BCUT2D eigenvalue weighted by Gasteiger charge is -2.31. The zero-order chi connectivity index (χ0) is 13.2. The molecule has 2 aliphatic rings. The smallest absolute Gasteiger partial charge is 0.279 e. The standard InChI is InChI=1S/C12H24N2O3S/c1-10-3-2-4-12(10)13-18(16,17)14-7-5-11(9-15)6-8-14/h10-13,15H,2-9H2,1H3. The van der Waals surface area contributed by atoms with E-state index in [9.17, 15) is 8.42 Å². The molecule has 0 spiro atoms. The van der Waals surface area contributed by atoms with Gasteiger partial charge < -0.3 is 5.11 Å². The van der Waals surface area contributed by atoms with E-state index in [1.54, 1.807) is 0 Å². The quantitative estimate of drug-likeness (QED) is 0.794. The van der Waals surface area contributed by atoms with Crippen LogP contribution in [0.5, 0.6) is 0 Å². The van der Waals surface area contributed by atoms with Gasteiger partial charge in [0.05, 0.1) is 0 Å². The molecule has 1 heterocycles. The van der Waals surface area contributed by atoms with E-state index >= 15 is 0 Å². The molecular weight excluding hydrogens is 252 g/mol. The molecule has 0 bridgehead atoms.